The number of ether oxygens (including phenoxy) is 3. The van der Waals surface area contributed by atoms with Crippen molar-refractivity contribution < 1.29 is 19.0 Å². The standard InChI is InChI=1S/C20H23NO4/c1-12(2)15-6-5-13(3)18(9-15)25-14(4)20(22)21-16-7-8-17-19(10-16)24-11-23-17/h5-10,12,14H,11H2,1-4H3,(H,21,22). The molecular weight excluding hydrogens is 318 g/mol. The summed E-state index contributed by atoms with van der Waals surface area (Å²) in [7, 11) is 0. The zero-order valence-electron chi connectivity index (χ0n) is 15.0. The van der Waals surface area contributed by atoms with E-state index >= 15 is 0 Å². The molecule has 5 heteroatoms. The topological polar surface area (TPSA) is 56.8 Å². The summed E-state index contributed by atoms with van der Waals surface area (Å²) in [4.78, 5) is 12.4. The average molecular weight is 341 g/mol. The first kappa shape index (κ1) is 17.1. The van der Waals surface area contributed by atoms with E-state index in [1.165, 1.54) is 5.56 Å². The van der Waals surface area contributed by atoms with Gasteiger partial charge in [-0.15, -0.1) is 0 Å². The monoisotopic (exact) mass is 341 g/mol. The fourth-order valence-electron chi connectivity index (χ4n) is 2.56. The van der Waals surface area contributed by atoms with E-state index in [2.05, 4.69) is 25.2 Å². The van der Waals surface area contributed by atoms with Gasteiger partial charge in [0.25, 0.3) is 5.91 Å². The van der Waals surface area contributed by atoms with Crippen LogP contribution in [-0.4, -0.2) is 18.8 Å². The Morgan fingerprint density at radius 3 is 2.60 bits per heavy atom. The number of anilines is 1. The summed E-state index contributed by atoms with van der Waals surface area (Å²) in [5.74, 6) is 2.24. The number of hydrogen-bond acceptors (Lipinski definition) is 4. The summed E-state index contributed by atoms with van der Waals surface area (Å²) in [5.41, 5.74) is 2.84. The Morgan fingerprint density at radius 1 is 1.08 bits per heavy atom. The molecule has 0 spiro atoms. The van der Waals surface area contributed by atoms with Crippen molar-refractivity contribution in [3.63, 3.8) is 0 Å². The van der Waals surface area contributed by atoms with Crippen molar-refractivity contribution in [2.75, 3.05) is 12.1 Å². The van der Waals surface area contributed by atoms with Gasteiger partial charge in [0.15, 0.2) is 17.6 Å². The molecule has 1 N–H and O–H groups in total. The minimum atomic E-state index is -0.619. The molecule has 0 aromatic heterocycles. The van der Waals surface area contributed by atoms with Gasteiger partial charge in [0.2, 0.25) is 6.79 Å². The van der Waals surface area contributed by atoms with Crippen LogP contribution < -0.4 is 19.5 Å². The molecule has 0 saturated heterocycles. The average Bonchev–Trinajstić information content (AvgIpc) is 3.04. The maximum absolute atomic E-state index is 12.4. The first-order valence-electron chi connectivity index (χ1n) is 8.42. The fourth-order valence-corrected chi connectivity index (χ4v) is 2.56. The first-order chi connectivity index (χ1) is 11.9. The third-order valence-electron chi connectivity index (χ3n) is 4.19. The van der Waals surface area contributed by atoms with Gasteiger partial charge in [0, 0.05) is 11.8 Å². The molecule has 0 aliphatic carbocycles. The Morgan fingerprint density at radius 2 is 1.84 bits per heavy atom. The Hall–Kier alpha value is -2.69. The largest absolute Gasteiger partial charge is 0.481 e. The highest BCUT2D eigenvalue weighted by atomic mass is 16.7. The molecule has 1 unspecified atom stereocenters. The number of benzene rings is 2. The second-order valence-corrected chi connectivity index (χ2v) is 6.50. The molecule has 132 valence electrons. The van der Waals surface area contributed by atoms with E-state index in [1.807, 2.05) is 19.1 Å². The maximum Gasteiger partial charge on any atom is 0.265 e. The Balaban J connectivity index is 1.68. The van der Waals surface area contributed by atoms with Crippen molar-refractivity contribution in [3.8, 4) is 17.2 Å². The van der Waals surface area contributed by atoms with Crippen LogP contribution in [-0.2, 0) is 4.79 Å². The number of carbonyl (C=O) groups is 1. The molecule has 3 rings (SSSR count). The number of carbonyl (C=O) groups excluding carboxylic acids is 1. The van der Waals surface area contributed by atoms with E-state index in [1.54, 1.807) is 25.1 Å². The lowest BCUT2D eigenvalue weighted by Crippen LogP contribution is -2.30. The molecule has 2 aromatic carbocycles. The summed E-state index contributed by atoms with van der Waals surface area (Å²) >= 11 is 0. The molecule has 0 bridgehead atoms. The van der Waals surface area contributed by atoms with Gasteiger partial charge in [-0.2, -0.15) is 0 Å². The summed E-state index contributed by atoms with van der Waals surface area (Å²) in [5, 5.41) is 2.85. The summed E-state index contributed by atoms with van der Waals surface area (Å²) in [6.07, 6.45) is -0.619. The smallest absolute Gasteiger partial charge is 0.265 e. The van der Waals surface area contributed by atoms with Crippen LogP contribution in [0.2, 0.25) is 0 Å². The van der Waals surface area contributed by atoms with Gasteiger partial charge in [-0.3, -0.25) is 4.79 Å². The van der Waals surface area contributed by atoms with E-state index in [9.17, 15) is 4.79 Å². The lowest BCUT2D eigenvalue weighted by atomic mass is 10.0. The van der Waals surface area contributed by atoms with Crippen LogP contribution in [0.3, 0.4) is 0 Å². The van der Waals surface area contributed by atoms with E-state index < -0.39 is 6.10 Å². The predicted octanol–water partition coefficient (Wildman–Crippen LogP) is 4.25. The molecule has 0 saturated carbocycles. The van der Waals surface area contributed by atoms with Crippen LogP contribution in [0, 0.1) is 6.92 Å². The molecule has 1 aliphatic heterocycles. The first-order valence-corrected chi connectivity index (χ1v) is 8.42. The predicted molar refractivity (Wildman–Crippen MR) is 96.6 cm³/mol. The van der Waals surface area contributed by atoms with Crippen molar-refractivity contribution in [1.29, 1.82) is 0 Å². The van der Waals surface area contributed by atoms with Gasteiger partial charge in [-0.25, -0.2) is 0 Å². The third-order valence-corrected chi connectivity index (χ3v) is 4.19. The second-order valence-electron chi connectivity index (χ2n) is 6.50. The summed E-state index contributed by atoms with van der Waals surface area (Å²) in [6, 6.07) is 11.4. The zero-order valence-corrected chi connectivity index (χ0v) is 15.0. The van der Waals surface area contributed by atoms with Crippen LogP contribution in [0.4, 0.5) is 5.69 Å². The van der Waals surface area contributed by atoms with Crippen LogP contribution in [0.25, 0.3) is 0 Å². The van der Waals surface area contributed by atoms with Gasteiger partial charge in [-0.05, 0) is 49.1 Å². The molecule has 0 radical (unpaired) electrons. The van der Waals surface area contributed by atoms with Gasteiger partial charge in [0.05, 0.1) is 0 Å². The lowest BCUT2D eigenvalue weighted by molar-refractivity contribution is -0.122. The number of hydrogen-bond donors (Lipinski definition) is 1. The van der Waals surface area contributed by atoms with E-state index in [0.29, 0.717) is 23.1 Å². The third kappa shape index (κ3) is 3.87. The highest BCUT2D eigenvalue weighted by Gasteiger charge is 2.19. The minimum Gasteiger partial charge on any atom is -0.481 e. The number of amides is 1. The molecule has 2 aromatic rings. The van der Waals surface area contributed by atoms with E-state index in [-0.39, 0.29) is 12.7 Å². The highest BCUT2D eigenvalue weighted by Crippen LogP contribution is 2.34. The molecular formula is C20H23NO4. The summed E-state index contributed by atoms with van der Waals surface area (Å²) < 4.78 is 16.5. The molecule has 1 atom stereocenters. The number of aryl methyl sites for hydroxylation is 1. The van der Waals surface area contributed by atoms with Crippen molar-refractivity contribution in [2.45, 2.75) is 39.7 Å². The van der Waals surface area contributed by atoms with E-state index in [4.69, 9.17) is 14.2 Å². The summed E-state index contributed by atoms with van der Waals surface area (Å²) in [6.45, 7) is 8.18. The van der Waals surface area contributed by atoms with E-state index in [0.717, 1.165) is 11.3 Å². The zero-order chi connectivity index (χ0) is 18.0. The molecule has 0 fully saturated rings. The van der Waals surface area contributed by atoms with Crippen LogP contribution in [0.15, 0.2) is 36.4 Å². The SMILES string of the molecule is Cc1ccc(C(C)C)cc1OC(C)C(=O)Nc1ccc2c(c1)OCO2. The van der Waals surface area contributed by atoms with Crippen molar-refractivity contribution in [1.82, 2.24) is 0 Å². The molecule has 1 amide bonds. The highest BCUT2D eigenvalue weighted by molar-refractivity contribution is 5.94. The number of rotatable bonds is 5. The van der Waals surface area contributed by atoms with Crippen molar-refractivity contribution in [3.05, 3.63) is 47.5 Å². The lowest BCUT2D eigenvalue weighted by Gasteiger charge is -2.18. The molecule has 1 heterocycles. The fraction of sp³-hybridized carbons (Fsp3) is 0.350. The Kier molecular flexibility index (Phi) is 4.83. The van der Waals surface area contributed by atoms with Gasteiger partial charge >= 0.3 is 0 Å². The van der Waals surface area contributed by atoms with Crippen LogP contribution in [0.5, 0.6) is 17.2 Å². The second kappa shape index (κ2) is 7.05. The van der Waals surface area contributed by atoms with Gasteiger partial charge in [0.1, 0.15) is 5.75 Å². The Bertz CT molecular complexity index is 785. The van der Waals surface area contributed by atoms with Crippen LogP contribution >= 0.6 is 0 Å². The Labute approximate surface area is 147 Å². The van der Waals surface area contributed by atoms with Gasteiger partial charge < -0.3 is 19.5 Å². The molecule has 5 nitrogen and oxygen atoms in total. The molecule has 1 aliphatic rings. The van der Waals surface area contributed by atoms with Crippen molar-refractivity contribution >= 4 is 11.6 Å². The number of fused-ring (bicyclic) bond motifs is 1. The normalized spacial score (nSPS) is 13.6. The van der Waals surface area contributed by atoms with Gasteiger partial charge in [-0.1, -0.05) is 26.0 Å². The van der Waals surface area contributed by atoms with Crippen LogP contribution in [0.1, 0.15) is 37.8 Å². The maximum atomic E-state index is 12.4. The molecule has 25 heavy (non-hydrogen) atoms. The quantitative estimate of drug-likeness (QED) is 0.883. The number of nitrogens with one attached hydrogen (secondary N) is 1. The minimum absolute atomic E-state index is 0.206. The van der Waals surface area contributed by atoms with Crippen molar-refractivity contribution in [2.24, 2.45) is 0 Å².